The summed E-state index contributed by atoms with van der Waals surface area (Å²) in [7, 11) is 1.70. The van der Waals surface area contributed by atoms with E-state index in [0.29, 0.717) is 0 Å². The molecule has 1 unspecified atom stereocenters. The predicted octanol–water partition coefficient (Wildman–Crippen LogP) is 3.76. The normalized spacial score (nSPS) is 13.5. The van der Waals surface area contributed by atoms with Crippen molar-refractivity contribution in [2.75, 3.05) is 7.11 Å². The molecule has 96 valence electrons. The fraction of sp³-hybridized carbons (Fsp3) is 0.571. The molecule has 0 aliphatic rings. The Hall–Kier alpha value is -0.540. The molecule has 17 heavy (non-hydrogen) atoms. The van der Waals surface area contributed by atoms with E-state index in [0.717, 1.165) is 23.1 Å². The largest absolute Gasteiger partial charge is 0.496 e. The van der Waals surface area contributed by atoms with E-state index in [1.165, 1.54) is 5.56 Å². The van der Waals surface area contributed by atoms with Gasteiger partial charge >= 0.3 is 0 Å². The average Bonchev–Trinajstić information content (AvgIpc) is 2.24. The summed E-state index contributed by atoms with van der Waals surface area (Å²) in [6, 6.07) is 6.29. The monoisotopic (exact) mass is 299 g/mol. The summed E-state index contributed by atoms with van der Waals surface area (Å²) < 4.78 is 6.44. The molecule has 1 aromatic carbocycles. The Bertz CT molecular complexity index is 371. The number of rotatable bonds is 4. The van der Waals surface area contributed by atoms with Crippen molar-refractivity contribution in [1.29, 1.82) is 0 Å². The van der Waals surface area contributed by atoms with Crippen molar-refractivity contribution in [3.63, 3.8) is 0 Å². The van der Waals surface area contributed by atoms with Crippen LogP contribution in [-0.4, -0.2) is 13.2 Å². The molecule has 0 radical (unpaired) electrons. The fourth-order valence-electron chi connectivity index (χ4n) is 1.69. The van der Waals surface area contributed by atoms with E-state index in [-0.39, 0.29) is 11.5 Å². The lowest BCUT2D eigenvalue weighted by molar-refractivity contribution is 0.304. The van der Waals surface area contributed by atoms with E-state index >= 15 is 0 Å². The van der Waals surface area contributed by atoms with Crippen LogP contribution >= 0.6 is 15.9 Å². The lowest BCUT2D eigenvalue weighted by Crippen LogP contribution is -2.35. The molecule has 1 atom stereocenters. The number of aryl methyl sites for hydroxylation is 1. The first kappa shape index (κ1) is 14.5. The smallest absolute Gasteiger partial charge is 0.122 e. The molecule has 0 aliphatic carbocycles. The van der Waals surface area contributed by atoms with E-state index in [1.807, 2.05) is 12.1 Å². The average molecular weight is 300 g/mol. The van der Waals surface area contributed by atoms with Gasteiger partial charge in [-0.2, -0.15) is 0 Å². The fourth-order valence-corrected chi connectivity index (χ4v) is 2.10. The van der Waals surface area contributed by atoms with Gasteiger partial charge in [0, 0.05) is 10.5 Å². The molecule has 1 aromatic rings. The first-order valence-corrected chi connectivity index (χ1v) is 6.72. The summed E-state index contributed by atoms with van der Waals surface area (Å²) >= 11 is 3.49. The van der Waals surface area contributed by atoms with Gasteiger partial charge in [-0.3, -0.25) is 0 Å². The summed E-state index contributed by atoms with van der Waals surface area (Å²) in [5.74, 6) is 0.939. The maximum Gasteiger partial charge on any atom is 0.122 e. The minimum Gasteiger partial charge on any atom is -0.496 e. The van der Waals surface area contributed by atoms with Crippen molar-refractivity contribution in [1.82, 2.24) is 0 Å². The molecule has 2 N–H and O–H groups in total. The molecule has 0 aliphatic heterocycles. The van der Waals surface area contributed by atoms with Crippen LogP contribution in [0.25, 0.3) is 0 Å². The van der Waals surface area contributed by atoms with Crippen LogP contribution < -0.4 is 10.5 Å². The first-order chi connectivity index (χ1) is 7.84. The Morgan fingerprint density at radius 3 is 2.53 bits per heavy atom. The van der Waals surface area contributed by atoms with Gasteiger partial charge in [-0.15, -0.1) is 0 Å². The number of benzene rings is 1. The van der Waals surface area contributed by atoms with Crippen LogP contribution in [0.1, 0.15) is 32.8 Å². The summed E-state index contributed by atoms with van der Waals surface area (Å²) in [6.45, 7) is 6.53. The minimum absolute atomic E-state index is 0.152. The van der Waals surface area contributed by atoms with Crippen molar-refractivity contribution < 1.29 is 4.74 Å². The zero-order chi connectivity index (χ0) is 13.1. The number of ether oxygens (including phenoxy) is 1. The van der Waals surface area contributed by atoms with Crippen LogP contribution in [0.5, 0.6) is 5.75 Å². The number of nitrogens with two attached hydrogens (primary N) is 1. The molecule has 2 nitrogen and oxygen atoms in total. The van der Waals surface area contributed by atoms with Crippen LogP contribution in [0.4, 0.5) is 0 Å². The predicted molar refractivity (Wildman–Crippen MR) is 76.4 cm³/mol. The van der Waals surface area contributed by atoms with Crippen molar-refractivity contribution in [3.8, 4) is 5.75 Å². The molecule has 3 heteroatoms. The molecule has 0 saturated carbocycles. The number of hydrogen-bond donors (Lipinski definition) is 1. The Kier molecular flexibility index (Phi) is 5.02. The maximum atomic E-state index is 6.18. The summed E-state index contributed by atoms with van der Waals surface area (Å²) in [6.07, 6.45) is 1.91. The van der Waals surface area contributed by atoms with Gasteiger partial charge < -0.3 is 10.5 Å². The third-order valence-corrected chi connectivity index (χ3v) is 3.57. The van der Waals surface area contributed by atoms with E-state index < -0.39 is 0 Å². The number of methoxy groups -OCH3 is 1. The molecule has 1 rings (SSSR count). The maximum absolute atomic E-state index is 6.18. The van der Waals surface area contributed by atoms with Crippen LogP contribution in [0.3, 0.4) is 0 Å². The van der Waals surface area contributed by atoms with Crippen LogP contribution in [0.15, 0.2) is 22.7 Å². The zero-order valence-corrected chi connectivity index (χ0v) is 12.7. The highest BCUT2D eigenvalue weighted by Gasteiger charge is 2.20. The van der Waals surface area contributed by atoms with Crippen LogP contribution in [0, 0.1) is 5.41 Å². The van der Waals surface area contributed by atoms with Gasteiger partial charge in [-0.05, 0) is 42.0 Å². The standard InChI is InChI=1S/C14H22BrNO/c1-14(2,3)13(16)8-5-10-9-11(15)6-7-12(10)17-4/h6-7,9,13H,5,8,16H2,1-4H3. The second-order valence-electron chi connectivity index (χ2n) is 5.47. The molecule has 0 heterocycles. The van der Waals surface area contributed by atoms with Crippen molar-refractivity contribution >= 4 is 15.9 Å². The third kappa shape index (κ3) is 4.32. The Labute approximate surface area is 113 Å². The second kappa shape index (κ2) is 5.87. The SMILES string of the molecule is COc1ccc(Br)cc1CCC(N)C(C)(C)C. The van der Waals surface area contributed by atoms with E-state index in [2.05, 4.69) is 42.8 Å². The highest BCUT2D eigenvalue weighted by Crippen LogP contribution is 2.27. The molecule has 0 spiro atoms. The quantitative estimate of drug-likeness (QED) is 0.919. The van der Waals surface area contributed by atoms with Gasteiger partial charge in [-0.25, -0.2) is 0 Å². The highest BCUT2D eigenvalue weighted by atomic mass is 79.9. The molecule has 0 fully saturated rings. The minimum atomic E-state index is 0.152. The van der Waals surface area contributed by atoms with Gasteiger partial charge in [0.1, 0.15) is 5.75 Å². The van der Waals surface area contributed by atoms with Crippen molar-refractivity contribution in [2.24, 2.45) is 11.1 Å². The first-order valence-electron chi connectivity index (χ1n) is 5.92. The molecule has 0 aromatic heterocycles. The highest BCUT2D eigenvalue weighted by molar-refractivity contribution is 9.10. The van der Waals surface area contributed by atoms with Gasteiger partial charge in [0.2, 0.25) is 0 Å². The van der Waals surface area contributed by atoms with E-state index in [4.69, 9.17) is 10.5 Å². The second-order valence-corrected chi connectivity index (χ2v) is 6.38. The van der Waals surface area contributed by atoms with Crippen LogP contribution in [-0.2, 0) is 6.42 Å². The zero-order valence-electron chi connectivity index (χ0n) is 11.1. The van der Waals surface area contributed by atoms with Crippen molar-refractivity contribution in [3.05, 3.63) is 28.2 Å². The van der Waals surface area contributed by atoms with Crippen molar-refractivity contribution in [2.45, 2.75) is 39.7 Å². The third-order valence-electron chi connectivity index (χ3n) is 3.08. The van der Waals surface area contributed by atoms with Gasteiger partial charge in [-0.1, -0.05) is 36.7 Å². The molecular weight excluding hydrogens is 278 g/mol. The van der Waals surface area contributed by atoms with Gasteiger partial charge in [0.25, 0.3) is 0 Å². The topological polar surface area (TPSA) is 35.2 Å². The lowest BCUT2D eigenvalue weighted by atomic mass is 9.84. The Morgan fingerprint density at radius 1 is 1.35 bits per heavy atom. The Morgan fingerprint density at radius 2 is 2.00 bits per heavy atom. The van der Waals surface area contributed by atoms with Crippen LogP contribution in [0.2, 0.25) is 0 Å². The van der Waals surface area contributed by atoms with Gasteiger partial charge in [0.15, 0.2) is 0 Å². The van der Waals surface area contributed by atoms with Gasteiger partial charge in [0.05, 0.1) is 7.11 Å². The van der Waals surface area contributed by atoms with E-state index in [9.17, 15) is 0 Å². The molecule has 0 bridgehead atoms. The summed E-state index contributed by atoms with van der Waals surface area (Å²) in [5.41, 5.74) is 7.54. The Balaban J connectivity index is 2.72. The summed E-state index contributed by atoms with van der Waals surface area (Å²) in [5, 5.41) is 0. The summed E-state index contributed by atoms with van der Waals surface area (Å²) in [4.78, 5) is 0. The molecule has 0 amide bonds. The van der Waals surface area contributed by atoms with E-state index in [1.54, 1.807) is 7.11 Å². The lowest BCUT2D eigenvalue weighted by Gasteiger charge is -2.27. The number of hydrogen-bond acceptors (Lipinski definition) is 2. The molecule has 0 saturated heterocycles. The number of halogens is 1. The molecular formula is C14H22BrNO.